The van der Waals surface area contributed by atoms with Gasteiger partial charge in [-0.25, -0.2) is 4.39 Å². The third-order valence-corrected chi connectivity index (χ3v) is 6.13. The van der Waals surface area contributed by atoms with Gasteiger partial charge in [-0.1, -0.05) is 18.2 Å². The highest BCUT2D eigenvalue weighted by Gasteiger charge is 2.36. The summed E-state index contributed by atoms with van der Waals surface area (Å²) in [4.78, 5) is 4.31. The number of nitrogens with one attached hydrogen (secondary N) is 1. The van der Waals surface area contributed by atoms with Gasteiger partial charge < -0.3 is 10.1 Å². The molecule has 3 nitrogen and oxygen atoms in total. The number of pyridine rings is 1. The van der Waals surface area contributed by atoms with Crippen molar-refractivity contribution in [2.75, 3.05) is 19.7 Å². The maximum atomic E-state index is 13.5. The molecule has 0 bridgehead atoms. The largest absolute Gasteiger partial charge is 0.416 e. The Kier molecular flexibility index (Phi) is 5.99. The average molecular weight is 432 g/mol. The van der Waals surface area contributed by atoms with E-state index < -0.39 is 17.8 Å². The van der Waals surface area contributed by atoms with Crippen molar-refractivity contribution < 1.29 is 22.3 Å². The first-order valence-electron chi connectivity index (χ1n) is 10.3. The van der Waals surface area contributed by atoms with E-state index in [2.05, 4.69) is 10.3 Å². The van der Waals surface area contributed by atoms with Gasteiger partial charge in [0.1, 0.15) is 5.82 Å². The predicted molar refractivity (Wildman–Crippen MR) is 111 cm³/mol. The molecule has 1 saturated heterocycles. The van der Waals surface area contributed by atoms with Crippen LogP contribution in [-0.4, -0.2) is 24.7 Å². The van der Waals surface area contributed by atoms with Gasteiger partial charge in [-0.05, 0) is 68.8 Å². The van der Waals surface area contributed by atoms with Crippen LogP contribution in [0.3, 0.4) is 0 Å². The summed E-state index contributed by atoms with van der Waals surface area (Å²) in [6, 6.07) is 11.9. The van der Waals surface area contributed by atoms with E-state index in [1.54, 1.807) is 37.4 Å². The highest BCUT2D eigenvalue weighted by molar-refractivity contribution is 5.83. The number of rotatable bonds is 5. The molecule has 0 saturated carbocycles. The van der Waals surface area contributed by atoms with Crippen molar-refractivity contribution >= 4 is 10.9 Å². The molecule has 31 heavy (non-hydrogen) atoms. The summed E-state index contributed by atoms with van der Waals surface area (Å²) >= 11 is 0. The molecule has 1 unspecified atom stereocenters. The molecule has 3 aromatic rings. The standard InChI is InChI=1S/C24H24F4N2O/c1-16(21-14-19(24(26,27)28)13-17-3-2-10-30-22(17)21)31-15-23(8-11-29-12-9-23)18-4-6-20(25)7-5-18/h2-7,10,13-14,16,29H,8-9,11-12,15H2,1H3. The Morgan fingerprint density at radius 2 is 1.81 bits per heavy atom. The number of alkyl halides is 3. The zero-order valence-electron chi connectivity index (χ0n) is 17.2. The summed E-state index contributed by atoms with van der Waals surface area (Å²) < 4.78 is 60.0. The first-order valence-corrected chi connectivity index (χ1v) is 10.3. The number of fused-ring (bicyclic) bond motifs is 1. The molecule has 0 radical (unpaired) electrons. The molecule has 1 fully saturated rings. The fraction of sp³-hybridized carbons (Fsp3) is 0.375. The second-order valence-corrected chi connectivity index (χ2v) is 8.13. The molecule has 164 valence electrons. The zero-order chi connectivity index (χ0) is 22.1. The van der Waals surface area contributed by atoms with E-state index in [0.717, 1.165) is 43.6 Å². The molecule has 1 aromatic heterocycles. The molecule has 2 aromatic carbocycles. The molecule has 0 aliphatic carbocycles. The van der Waals surface area contributed by atoms with Gasteiger partial charge in [0.15, 0.2) is 0 Å². The minimum Gasteiger partial charge on any atom is -0.373 e. The first kappa shape index (κ1) is 21.7. The summed E-state index contributed by atoms with van der Waals surface area (Å²) in [5.41, 5.74) is 0.860. The third kappa shape index (κ3) is 4.57. The molecule has 4 rings (SSSR count). The van der Waals surface area contributed by atoms with Crippen LogP contribution in [0, 0.1) is 5.82 Å². The van der Waals surface area contributed by atoms with Crippen LogP contribution < -0.4 is 5.32 Å². The van der Waals surface area contributed by atoms with Crippen LogP contribution in [0.1, 0.15) is 42.6 Å². The molecular formula is C24H24F4N2O. The average Bonchev–Trinajstić information content (AvgIpc) is 2.77. The van der Waals surface area contributed by atoms with E-state index in [1.807, 2.05) is 0 Å². The van der Waals surface area contributed by atoms with Crippen LogP contribution in [0.5, 0.6) is 0 Å². The van der Waals surface area contributed by atoms with Gasteiger partial charge in [0.2, 0.25) is 0 Å². The quantitative estimate of drug-likeness (QED) is 0.518. The molecule has 1 aliphatic heterocycles. The van der Waals surface area contributed by atoms with Gasteiger partial charge in [-0.15, -0.1) is 0 Å². The molecular weight excluding hydrogens is 408 g/mol. The number of benzene rings is 2. The Bertz CT molecular complexity index is 1040. The van der Waals surface area contributed by atoms with Crippen molar-refractivity contribution in [3.63, 3.8) is 0 Å². The Labute approximate surface area is 178 Å². The Balaban J connectivity index is 1.65. The van der Waals surface area contributed by atoms with Crippen LogP contribution in [0.4, 0.5) is 17.6 Å². The smallest absolute Gasteiger partial charge is 0.373 e. The van der Waals surface area contributed by atoms with E-state index >= 15 is 0 Å². The lowest BCUT2D eigenvalue weighted by molar-refractivity contribution is -0.137. The van der Waals surface area contributed by atoms with E-state index in [4.69, 9.17) is 4.74 Å². The Hall–Kier alpha value is -2.51. The monoisotopic (exact) mass is 432 g/mol. The van der Waals surface area contributed by atoms with Crippen LogP contribution in [0.2, 0.25) is 0 Å². The Morgan fingerprint density at radius 1 is 1.10 bits per heavy atom. The number of nitrogens with zero attached hydrogens (tertiary/aromatic N) is 1. The van der Waals surface area contributed by atoms with E-state index in [9.17, 15) is 17.6 Å². The van der Waals surface area contributed by atoms with Crippen LogP contribution in [0.15, 0.2) is 54.7 Å². The van der Waals surface area contributed by atoms with E-state index in [-0.39, 0.29) is 11.2 Å². The van der Waals surface area contributed by atoms with Gasteiger partial charge in [0, 0.05) is 22.6 Å². The molecule has 1 N–H and O–H groups in total. The van der Waals surface area contributed by atoms with E-state index in [0.29, 0.717) is 23.1 Å². The van der Waals surface area contributed by atoms with Gasteiger partial charge in [0.25, 0.3) is 0 Å². The van der Waals surface area contributed by atoms with Crippen molar-refractivity contribution in [3.8, 4) is 0 Å². The molecule has 7 heteroatoms. The van der Waals surface area contributed by atoms with Gasteiger partial charge in [0.05, 0.1) is 23.8 Å². The summed E-state index contributed by atoms with van der Waals surface area (Å²) in [5, 5.41) is 3.75. The Morgan fingerprint density at radius 3 is 2.48 bits per heavy atom. The molecule has 0 spiro atoms. The van der Waals surface area contributed by atoms with Crippen molar-refractivity contribution in [1.29, 1.82) is 0 Å². The normalized spacial score (nSPS) is 17.6. The minimum absolute atomic E-state index is 0.302. The lowest BCUT2D eigenvalue weighted by Gasteiger charge is -2.39. The molecule has 1 atom stereocenters. The first-order chi connectivity index (χ1) is 14.8. The zero-order valence-corrected chi connectivity index (χ0v) is 17.2. The summed E-state index contributed by atoms with van der Waals surface area (Å²) in [7, 11) is 0. The van der Waals surface area contributed by atoms with Crippen molar-refractivity contribution in [3.05, 3.63) is 77.2 Å². The number of hydrogen-bond donors (Lipinski definition) is 1. The third-order valence-electron chi connectivity index (χ3n) is 6.13. The lowest BCUT2D eigenvalue weighted by atomic mass is 9.74. The lowest BCUT2D eigenvalue weighted by Crippen LogP contribution is -2.43. The highest BCUT2D eigenvalue weighted by Crippen LogP contribution is 2.38. The fourth-order valence-corrected chi connectivity index (χ4v) is 4.29. The van der Waals surface area contributed by atoms with Crippen LogP contribution >= 0.6 is 0 Å². The number of aromatic nitrogens is 1. The van der Waals surface area contributed by atoms with Crippen molar-refractivity contribution in [2.24, 2.45) is 0 Å². The number of halogens is 4. The van der Waals surface area contributed by atoms with Crippen LogP contribution in [0.25, 0.3) is 10.9 Å². The molecule has 2 heterocycles. The number of piperidine rings is 1. The summed E-state index contributed by atoms with van der Waals surface area (Å²) in [6.07, 6.45) is -1.88. The van der Waals surface area contributed by atoms with Crippen LogP contribution in [-0.2, 0) is 16.3 Å². The topological polar surface area (TPSA) is 34.1 Å². The second-order valence-electron chi connectivity index (χ2n) is 8.13. The van der Waals surface area contributed by atoms with Gasteiger partial charge in [-0.3, -0.25) is 4.98 Å². The number of ether oxygens (including phenoxy) is 1. The molecule has 0 amide bonds. The second kappa shape index (κ2) is 8.55. The highest BCUT2D eigenvalue weighted by atomic mass is 19.4. The maximum Gasteiger partial charge on any atom is 0.416 e. The SMILES string of the molecule is CC(OCC1(c2ccc(F)cc2)CCNCC1)c1cc(C(F)(F)F)cc2cccnc12. The fourth-order valence-electron chi connectivity index (χ4n) is 4.29. The number of hydrogen-bond acceptors (Lipinski definition) is 3. The maximum absolute atomic E-state index is 13.5. The predicted octanol–water partition coefficient (Wildman–Crippen LogP) is 5.79. The van der Waals surface area contributed by atoms with Gasteiger partial charge >= 0.3 is 6.18 Å². The minimum atomic E-state index is -4.46. The summed E-state index contributed by atoms with van der Waals surface area (Å²) in [6.45, 7) is 3.67. The van der Waals surface area contributed by atoms with Gasteiger partial charge in [-0.2, -0.15) is 13.2 Å². The summed E-state index contributed by atoms with van der Waals surface area (Å²) in [5.74, 6) is -0.302. The van der Waals surface area contributed by atoms with Crippen molar-refractivity contribution in [1.82, 2.24) is 10.3 Å². The van der Waals surface area contributed by atoms with Crippen molar-refractivity contribution in [2.45, 2.75) is 37.5 Å². The van der Waals surface area contributed by atoms with E-state index in [1.165, 1.54) is 12.1 Å². The molecule has 1 aliphatic rings.